The van der Waals surface area contributed by atoms with Crippen LogP contribution in [0.25, 0.3) is 0 Å². The van der Waals surface area contributed by atoms with E-state index >= 15 is 0 Å². The first-order valence-corrected chi connectivity index (χ1v) is 7.15. The van der Waals surface area contributed by atoms with Crippen LogP contribution in [-0.4, -0.2) is 26.3 Å². The van der Waals surface area contributed by atoms with E-state index in [4.69, 9.17) is 13.9 Å². The second-order valence-electron chi connectivity index (χ2n) is 4.32. The second-order valence-corrected chi connectivity index (χ2v) is 5.17. The Balaban J connectivity index is 2.15. The first kappa shape index (κ1) is 16.1. The van der Waals surface area contributed by atoms with E-state index in [1.165, 1.54) is 12.5 Å². The van der Waals surface area contributed by atoms with Gasteiger partial charge in [0.05, 0.1) is 36.7 Å². The number of amides is 1. The lowest BCUT2D eigenvalue weighted by Gasteiger charge is -2.09. The molecule has 6 nitrogen and oxygen atoms in total. The van der Waals surface area contributed by atoms with Crippen LogP contribution in [0.1, 0.15) is 21.7 Å². The van der Waals surface area contributed by atoms with E-state index in [9.17, 15) is 4.79 Å². The standard InChI is InChI=1S/C15H15BrN2O4/c1-9-11(4-5-22-9)15(19)18-17-8-10-6-12(16)14(21-3)7-13(10)20-2/h4-8H,1-3H3,(H,18,19)/b17-8+. The highest BCUT2D eigenvalue weighted by molar-refractivity contribution is 9.10. The Kier molecular flexibility index (Phi) is 5.21. The molecule has 0 fully saturated rings. The van der Waals surface area contributed by atoms with Crippen molar-refractivity contribution in [3.8, 4) is 11.5 Å². The minimum Gasteiger partial charge on any atom is -0.496 e. The molecule has 0 atom stereocenters. The number of benzene rings is 1. The molecule has 1 aromatic carbocycles. The number of nitrogens with zero attached hydrogens (tertiary/aromatic N) is 1. The Morgan fingerprint density at radius 1 is 1.32 bits per heavy atom. The third-order valence-electron chi connectivity index (χ3n) is 2.98. The Labute approximate surface area is 136 Å². The zero-order valence-corrected chi connectivity index (χ0v) is 13.9. The molecule has 0 aliphatic rings. The molecular weight excluding hydrogens is 352 g/mol. The highest BCUT2D eigenvalue weighted by Crippen LogP contribution is 2.31. The molecule has 0 bridgehead atoms. The van der Waals surface area contributed by atoms with E-state index in [-0.39, 0.29) is 5.91 Å². The number of carbonyl (C=O) groups excluding carboxylic acids is 1. The topological polar surface area (TPSA) is 73.1 Å². The highest BCUT2D eigenvalue weighted by atomic mass is 79.9. The zero-order chi connectivity index (χ0) is 16.1. The summed E-state index contributed by atoms with van der Waals surface area (Å²) >= 11 is 3.39. The lowest BCUT2D eigenvalue weighted by molar-refractivity contribution is 0.0953. The van der Waals surface area contributed by atoms with E-state index in [0.29, 0.717) is 28.4 Å². The molecule has 0 radical (unpaired) electrons. The molecule has 0 saturated carbocycles. The summed E-state index contributed by atoms with van der Waals surface area (Å²) in [7, 11) is 3.12. The number of aryl methyl sites for hydroxylation is 1. The van der Waals surface area contributed by atoms with E-state index in [1.54, 1.807) is 39.3 Å². The molecule has 1 aromatic heterocycles. The SMILES string of the molecule is COc1cc(OC)c(/C=N/NC(=O)c2ccoc2C)cc1Br. The minimum atomic E-state index is -0.339. The number of hydrogen-bond acceptors (Lipinski definition) is 5. The van der Waals surface area contributed by atoms with Gasteiger partial charge in [-0.1, -0.05) is 0 Å². The molecule has 1 N–H and O–H groups in total. The third kappa shape index (κ3) is 3.48. The molecule has 1 amide bonds. The van der Waals surface area contributed by atoms with Crippen molar-refractivity contribution >= 4 is 28.1 Å². The lowest BCUT2D eigenvalue weighted by atomic mass is 10.2. The van der Waals surface area contributed by atoms with Crippen molar-refractivity contribution in [2.75, 3.05) is 14.2 Å². The predicted molar refractivity (Wildman–Crippen MR) is 85.8 cm³/mol. The summed E-state index contributed by atoms with van der Waals surface area (Å²) in [6, 6.07) is 5.11. The van der Waals surface area contributed by atoms with Crippen LogP contribution in [0.2, 0.25) is 0 Å². The number of hydrazone groups is 1. The fourth-order valence-electron chi connectivity index (χ4n) is 1.83. The Morgan fingerprint density at radius 2 is 2.05 bits per heavy atom. The van der Waals surface area contributed by atoms with Gasteiger partial charge >= 0.3 is 0 Å². The van der Waals surface area contributed by atoms with Crippen LogP contribution < -0.4 is 14.9 Å². The van der Waals surface area contributed by atoms with Crippen LogP contribution in [0.15, 0.2) is 38.5 Å². The van der Waals surface area contributed by atoms with E-state index < -0.39 is 0 Å². The number of furan rings is 1. The first-order chi connectivity index (χ1) is 10.6. The van der Waals surface area contributed by atoms with E-state index in [1.807, 2.05) is 0 Å². The van der Waals surface area contributed by atoms with Crippen molar-refractivity contribution < 1.29 is 18.7 Å². The van der Waals surface area contributed by atoms with Gasteiger partial charge in [0.25, 0.3) is 5.91 Å². The normalized spacial score (nSPS) is 10.7. The molecule has 0 aliphatic heterocycles. The van der Waals surface area contributed by atoms with Gasteiger partial charge in [-0.15, -0.1) is 0 Å². The summed E-state index contributed by atoms with van der Waals surface area (Å²) in [6.07, 6.45) is 2.95. The van der Waals surface area contributed by atoms with Gasteiger partial charge in [0.2, 0.25) is 0 Å². The van der Waals surface area contributed by atoms with E-state index in [0.717, 1.165) is 4.47 Å². The molecule has 22 heavy (non-hydrogen) atoms. The Morgan fingerprint density at radius 3 is 2.64 bits per heavy atom. The number of methoxy groups -OCH3 is 2. The van der Waals surface area contributed by atoms with Crippen molar-refractivity contribution in [1.82, 2.24) is 5.43 Å². The van der Waals surface area contributed by atoms with Gasteiger partial charge in [-0.25, -0.2) is 5.43 Å². The summed E-state index contributed by atoms with van der Waals surface area (Å²) in [5.74, 6) is 1.43. The fourth-order valence-corrected chi connectivity index (χ4v) is 2.35. The van der Waals surface area contributed by atoms with Crippen LogP contribution in [0, 0.1) is 6.92 Å². The molecule has 0 saturated heterocycles. The van der Waals surface area contributed by atoms with Crippen molar-refractivity contribution in [3.05, 3.63) is 45.8 Å². The largest absolute Gasteiger partial charge is 0.496 e. The van der Waals surface area contributed by atoms with Gasteiger partial charge in [-0.2, -0.15) is 5.10 Å². The lowest BCUT2D eigenvalue weighted by Crippen LogP contribution is -2.17. The maximum Gasteiger partial charge on any atom is 0.274 e. The molecule has 2 rings (SSSR count). The van der Waals surface area contributed by atoms with Gasteiger partial charge in [0.15, 0.2) is 0 Å². The Bertz CT molecular complexity index is 710. The monoisotopic (exact) mass is 366 g/mol. The number of nitrogens with one attached hydrogen (secondary N) is 1. The van der Waals surface area contributed by atoms with Gasteiger partial charge in [0, 0.05) is 11.6 Å². The van der Waals surface area contributed by atoms with Crippen molar-refractivity contribution in [1.29, 1.82) is 0 Å². The van der Waals surface area contributed by atoms with Gasteiger partial charge in [0.1, 0.15) is 17.3 Å². The van der Waals surface area contributed by atoms with Crippen molar-refractivity contribution in [2.45, 2.75) is 6.92 Å². The zero-order valence-electron chi connectivity index (χ0n) is 12.3. The van der Waals surface area contributed by atoms with Gasteiger partial charge < -0.3 is 13.9 Å². The quantitative estimate of drug-likeness (QED) is 0.651. The summed E-state index contributed by atoms with van der Waals surface area (Å²) in [5, 5.41) is 3.94. The molecule has 2 aromatic rings. The minimum absolute atomic E-state index is 0.339. The fraction of sp³-hybridized carbons (Fsp3) is 0.200. The number of rotatable bonds is 5. The molecule has 116 valence electrons. The van der Waals surface area contributed by atoms with Crippen molar-refractivity contribution in [3.63, 3.8) is 0 Å². The van der Waals surface area contributed by atoms with Crippen LogP contribution in [0.5, 0.6) is 11.5 Å². The molecule has 0 spiro atoms. The molecule has 0 unspecified atom stereocenters. The Hall–Kier alpha value is -2.28. The highest BCUT2D eigenvalue weighted by Gasteiger charge is 2.11. The summed E-state index contributed by atoms with van der Waals surface area (Å²) < 4.78 is 16.3. The molecular formula is C15H15BrN2O4. The maximum atomic E-state index is 11.9. The van der Waals surface area contributed by atoms with E-state index in [2.05, 4.69) is 26.5 Å². The summed E-state index contributed by atoms with van der Waals surface area (Å²) in [5.41, 5.74) is 3.58. The predicted octanol–water partition coefficient (Wildman–Crippen LogP) is 3.13. The van der Waals surface area contributed by atoms with Crippen LogP contribution in [-0.2, 0) is 0 Å². The van der Waals surface area contributed by atoms with Crippen LogP contribution >= 0.6 is 15.9 Å². The first-order valence-electron chi connectivity index (χ1n) is 6.35. The van der Waals surface area contributed by atoms with Crippen LogP contribution in [0.3, 0.4) is 0 Å². The van der Waals surface area contributed by atoms with Crippen LogP contribution in [0.4, 0.5) is 0 Å². The van der Waals surface area contributed by atoms with Crippen molar-refractivity contribution in [2.24, 2.45) is 5.10 Å². The van der Waals surface area contributed by atoms with Gasteiger partial charge in [-0.3, -0.25) is 4.79 Å². The number of ether oxygens (including phenoxy) is 2. The number of hydrogen-bond donors (Lipinski definition) is 1. The average Bonchev–Trinajstić information content (AvgIpc) is 2.93. The number of halogens is 1. The molecule has 7 heteroatoms. The average molecular weight is 367 g/mol. The summed E-state index contributed by atoms with van der Waals surface area (Å²) in [6.45, 7) is 1.71. The maximum absolute atomic E-state index is 11.9. The second kappa shape index (κ2) is 7.13. The molecule has 1 heterocycles. The summed E-state index contributed by atoms with van der Waals surface area (Å²) in [4.78, 5) is 11.9. The van der Waals surface area contributed by atoms with Gasteiger partial charge in [-0.05, 0) is 35.0 Å². The number of carbonyl (C=O) groups is 1. The smallest absolute Gasteiger partial charge is 0.274 e. The third-order valence-corrected chi connectivity index (χ3v) is 3.60. The molecule has 0 aliphatic carbocycles.